The predicted molar refractivity (Wildman–Crippen MR) is 100 cm³/mol. The topological polar surface area (TPSA) is 15.3 Å². The number of hydrogen-bond acceptors (Lipinski definition) is 2. The highest BCUT2D eigenvalue weighted by atomic mass is 15.1. The van der Waals surface area contributed by atoms with Gasteiger partial charge in [0.1, 0.15) is 0 Å². The average Bonchev–Trinajstić information content (AvgIpc) is 2.57. The third-order valence-corrected chi connectivity index (χ3v) is 3.62. The SMILES string of the molecule is C/C=C\C(=C/C)C(c1ccccc1)N(C)C[C@H](C)NC.CC. The maximum atomic E-state index is 3.31. The average molecular weight is 303 g/mol. The van der Waals surface area contributed by atoms with E-state index in [4.69, 9.17) is 0 Å². The molecule has 1 N–H and O–H groups in total. The van der Waals surface area contributed by atoms with E-state index < -0.39 is 0 Å². The Morgan fingerprint density at radius 2 is 1.77 bits per heavy atom. The van der Waals surface area contributed by atoms with Crippen LogP contribution in [0.5, 0.6) is 0 Å². The third kappa shape index (κ3) is 6.59. The van der Waals surface area contributed by atoms with Crippen LogP contribution in [0.25, 0.3) is 0 Å². The van der Waals surface area contributed by atoms with Crippen molar-refractivity contribution in [2.45, 2.75) is 46.7 Å². The van der Waals surface area contributed by atoms with E-state index in [0.717, 1.165) is 6.54 Å². The van der Waals surface area contributed by atoms with Gasteiger partial charge in [-0.3, -0.25) is 4.90 Å². The van der Waals surface area contributed by atoms with E-state index in [-0.39, 0.29) is 0 Å². The van der Waals surface area contributed by atoms with Gasteiger partial charge >= 0.3 is 0 Å². The molecule has 2 nitrogen and oxygen atoms in total. The van der Waals surface area contributed by atoms with Crippen molar-refractivity contribution in [3.05, 3.63) is 59.7 Å². The largest absolute Gasteiger partial charge is 0.316 e. The van der Waals surface area contributed by atoms with Crippen LogP contribution in [0.4, 0.5) is 0 Å². The molecule has 22 heavy (non-hydrogen) atoms. The van der Waals surface area contributed by atoms with Crippen LogP contribution < -0.4 is 5.32 Å². The fourth-order valence-corrected chi connectivity index (χ4v) is 2.50. The zero-order chi connectivity index (χ0) is 17.0. The first-order valence-electron chi connectivity index (χ1n) is 8.35. The molecule has 0 spiro atoms. The zero-order valence-corrected chi connectivity index (χ0v) is 15.4. The lowest BCUT2D eigenvalue weighted by Gasteiger charge is -2.31. The summed E-state index contributed by atoms with van der Waals surface area (Å²) in [5, 5.41) is 3.31. The maximum absolute atomic E-state index is 3.31. The molecule has 0 bridgehead atoms. The van der Waals surface area contributed by atoms with E-state index in [1.165, 1.54) is 11.1 Å². The van der Waals surface area contributed by atoms with Crippen molar-refractivity contribution in [3.63, 3.8) is 0 Å². The summed E-state index contributed by atoms with van der Waals surface area (Å²) in [6.45, 7) is 11.4. The molecule has 0 aliphatic rings. The van der Waals surface area contributed by atoms with Gasteiger partial charge in [-0.05, 0) is 46.0 Å². The third-order valence-electron chi connectivity index (χ3n) is 3.62. The number of rotatable bonds is 7. The molecule has 0 saturated carbocycles. The molecule has 124 valence electrons. The molecule has 2 heteroatoms. The van der Waals surface area contributed by atoms with Crippen LogP contribution in [0, 0.1) is 0 Å². The molecule has 1 rings (SSSR count). The summed E-state index contributed by atoms with van der Waals surface area (Å²) in [5.74, 6) is 0. The normalized spacial score (nSPS) is 14.6. The standard InChI is InChI=1S/C18H28N2.C2H6/c1-6-11-16(7-2)18(17-12-9-8-10-13-17)20(5)14-15(3)19-4;1-2/h6-13,15,18-19H,14H2,1-5H3;1-2H3/b11-6-,16-7+;/t15-,18?;/m0./s1. The van der Waals surface area contributed by atoms with Crippen LogP contribution in [0.3, 0.4) is 0 Å². The lowest BCUT2D eigenvalue weighted by atomic mass is 9.96. The fraction of sp³-hybridized carbons (Fsp3) is 0.500. The molecular formula is C20H34N2. The summed E-state index contributed by atoms with van der Waals surface area (Å²) in [6.07, 6.45) is 6.52. The first kappa shape index (κ1) is 20.6. The van der Waals surface area contributed by atoms with Gasteiger partial charge in [-0.1, -0.05) is 62.4 Å². The summed E-state index contributed by atoms with van der Waals surface area (Å²) in [5.41, 5.74) is 2.68. The first-order chi connectivity index (χ1) is 10.6. The second kappa shape index (κ2) is 12.2. The highest BCUT2D eigenvalue weighted by Crippen LogP contribution is 2.28. The minimum absolute atomic E-state index is 0.299. The summed E-state index contributed by atoms with van der Waals surface area (Å²) in [6, 6.07) is 11.5. The van der Waals surface area contributed by atoms with Gasteiger partial charge in [0.15, 0.2) is 0 Å². The van der Waals surface area contributed by atoms with E-state index in [1.54, 1.807) is 0 Å². The summed E-state index contributed by atoms with van der Waals surface area (Å²) in [4.78, 5) is 2.41. The molecule has 0 heterocycles. The fourth-order valence-electron chi connectivity index (χ4n) is 2.50. The molecule has 2 atom stereocenters. The first-order valence-corrected chi connectivity index (χ1v) is 8.35. The van der Waals surface area contributed by atoms with Crippen molar-refractivity contribution in [2.24, 2.45) is 0 Å². The van der Waals surface area contributed by atoms with Crippen LogP contribution in [-0.4, -0.2) is 31.6 Å². The summed E-state index contributed by atoms with van der Waals surface area (Å²) in [7, 11) is 4.21. The van der Waals surface area contributed by atoms with Crippen molar-refractivity contribution >= 4 is 0 Å². The van der Waals surface area contributed by atoms with Gasteiger partial charge in [-0.25, -0.2) is 0 Å². The van der Waals surface area contributed by atoms with Crippen molar-refractivity contribution < 1.29 is 0 Å². The van der Waals surface area contributed by atoms with Gasteiger partial charge in [-0.15, -0.1) is 0 Å². The zero-order valence-electron chi connectivity index (χ0n) is 15.4. The molecule has 0 fully saturated rings. The van der Waals surface area contributed by atoms with Gasteiger partial charge < -0.3 is 5.32 Å². The Kier molecular flexibility index (Phi) is 11.4. The quantitative estimate of drug-likeness (QED) is 0.727. The van der Waals surface area contributed by atoms with Crippen LogP contribution in [0.2, 0.25) is 0 Å². The van der Waals surface area contributed by atoms with Crippen molar-refractivity contribution in [1.29, 1.82) is 0 Å². The molecule has 1 aromatic carbocycles. The Morgan fingerprint density at radius 3 is 2.23 bits per heavy atom. The predicted octanol–water partition coefficient (Wildman–Crippen LogP) is 4.82. The van der Waals surface area contributed by atoms with Gasteiger partial charge in [0, 0.05) is 12.6 Å². The van der Waals surface area contributed by atoms with Gasteiger partial charge in [-0.2, -0.15) is 0 Å². The van der Waals surface area contributed by atoms with E-state index in [2.05, 4.69) is 86.6 Å². The van der Waals surface area contributed by atoms with Crippen LogP contribution in [0.15, 0.2) is 54.1 Å². The lowest BCUT2D eigenvalue weighted by Crippen LogP contribution is -2.37. The maximum Gasteiger partial charge on any atom is 0.0596 e. The smallest absolute Gasteiger partial charge is 0.0596 e. The van der Waals surface area contributed by atoms with E-state index in [9.17, 15) is 0 Å². The van der Waals surface area contributed by atoms with Crippen LogP contribution in [0.1, 0.15) is 46.2 Å². The number of likely N-dealkylation sites (N-methyl/N-ethyl adjacent to an activating group) is 2. The Bertz CT molecular complexity index is 434. The Balaban J connectivity index is 0.00000211. The van der Waals surface area contributed by atoms with Gasteiger partial charge in [0.25, 0.3) is 0 Å². The molecule has 0 saturated heterocycles. The van der Waals surface area contributed by atoms with Crippen LogP contribution in [-0.2, 0) is 0 Å². The number of hydrogen-bond donors (Lipinski definition) is 1. The molecule has 1 aromatic rings. The Hall–Kier alpha value is -1.38. The number of benzene rings is 1. The molecule has 0 aromatic heterocycles. The van der Waals surface area contributed by atoms with Gasteiger partial charge in [0.2, 0.25) is 0 Å². The number of allylic oxidation sites excluding steroid dienone is 2. The molecule has 1 unspecified atom stereocenters. The Labute approximate surface area is 137 Å². The van der Waals surface area contributed by atoms with Crippen molar-refractivity contribution in [3.8, 4) is 0 Å². The van der Waals surface area contributed by atoms with Crippen LogP contribution >= 0.6 is 0 Å². The number of nitrogens with one attached hydrogen (secondary N) is 1. The minimum atomic E-state index is 0.299. The van der Waals surface area contributed by atoms with Crippen molar-refractivity contribution in [1.82, 2.24) is 10.2 Å². The number of nitrogens with zero attached hydrogens (tertiary/aromatic N) is 1. The molecule has 0 aliphatic carbocycles. The highest BCUT2D eigenvalue weighted by Gasteiger charge is 2.20. The summed E-state index contributed by atoms with van der Waals surface area (Å²) < 4.78 is 0. The second-order valence-corrected chi connectivity index (χ2v) is 5.23. The van der Waals surface area contributed by atoms with E-state index in [1.807, 2.05) is 20.9 Å². The molecule has 0 aliphatic heterocycles. The summed E-state index contributed by atoms with van der Waals surface area (Å²) >= 11 is 0. The molecule has 0 amide bonds. The lowest BCUT2D eigenvalue weighted by molar-refractivity contribution is 0.254. The van der Waals surface area contributed by atoms with Crippen molar-refractivity contribution in [2.75, 3.05) is 20.6 Å². The highest BCUT2D eigenvalue weighted by molar-refractivity contribution is 5.34. The molecule has 0 radical (unpaired) electrons. The Morgan fingerprint density at radius 1 is 1.18 bits per heavy atom. The monoisotopic (exact) mass is 302 g/mol. The second-order valence-electron chi connectivity index (χ2n) is 5.23. The molecular weight excluding hydrogens is 268 g/mol. The van der Waals surface area contributed by atoms with E-state index in [0.29, 0.717) is 12.1 Å². The van der Waals surface area contributed by atoms with E-state index >= 15 is 0 Å². The minimum Gasteiger partial charge on any atom is -0.316 e. The van der Waals surface area contributed by atoms with Gasteiger partial charge in [0.05, 0.1) is 6.04 Å².